The van der Waals surface area contributed by atoms with Crippen molar-refractivity contribution in [2.45, 2.75) is 86.0 Å². The number of phosphoric acid groups is 2. The van der Waals surface area contributed by atoms with E-state index in [4.69, 9.17) is 32.9 Å². The first-order valence-electron chi connectivity index (χ1n) is 15.0. The van der Waals surface area contributed by atoms with Gasteiger partial charge in [-0.2, -0.15) is 4.31 Å². The summed E-state index contributed by atoms with van der Waals surface area (Å²) in [4.78, 5) is 45.7. The van der Waals surface area contributed by atoms with E-state index in [0.717, 1.165) is 12.3 Å². The highest BCUT2D eigenvalue weighted by atomic mass is 31.3. The average Bonchev–Trinajstić information content (AvgIpc) is 3.34. The van der Waals surface area contributed by atoms with Gasteiger partial charge < -0.3 is 79.1 Å². The van der Waals surface area contributed by atoms with Gasteiger partial charge in [-0.1, -0.05) is 0 Å². The van der Waals surface area contributed by atoms with E-state index in [2.05, 4.69) is 8.83 Å². The van der Waals surface area contributed by atoms with Crippen LogP contribution in [0, 0.1) is 0 Å². The summed E-state index contributed by atoms with van der Waals surface area (Å²) < 4.78 is 71.4. The first-order chi connectivity index (χ1) is 23.9. The molecule has 0 radical (unpaired) electrons. The van der Waals surface area contributed by atoms with Gasteiger partial charge in [0, 0.05) is 19.4 Å². The Morgan fingerprint density at radius 1 is 0.765 bits per heavy atom. The molecule has 4 heterocycles. The minimum atomic E-state index is -5.76. The summed E-state index contributed by atoms with van der Waals surface area (Å²) in [6.07, 6.45) is -22.4. The maximum Gasteiger partial charge on any atom is 0.483 e. The first-order valence-corrected chi connectivity index (χ1v) is 18.0. The minimum Gasteiger partial charge on any atom is -0.394 e. The van der Waals surface area contributed by atoms with Gasteiger partial charge >= 0.3 is 21.3 Å². The number of aromatic amines is 1. The van der Waals surface area contributed by atoms with Gasteiger partial charge in [-0.05, 0) is 0 Å². The third-order valence-electron chi connectivity index (χ3n) is 7.89. The predicted octanol–water partition coefficient (Wildman–Crippen LogP) is -6.30. The largest absolute Gasteiger partial charge is 0.483 e. The monoisotopic (exact) mass is 786 g/mol. The molecule has 3 aliphatic rings. The molecular formula is C24H40N2O23P2. The molecule has 16 atom stereocenters. The Morgan fingerprint density at radius 3 is 1.96 bits per heavy atom. The zero-order valence-corrected chi connectivity index (χ0v) is 28.2. The smallest absolute Gasteiger partial charge is 0.394 e. The highest BCUT2D eigenvalue weighted by Crippen LogP contribution is 2.61. The van der Waals surface area contributed by atoms with E-state index in [1.54, 1.807) is 0 Å². The standard InChI is InChI=1S/C24H40N2O23P2/c1-41-22-18(35)16(33)19(10(7-28)47-22)42-4-5-43-20-15(32)13(30)9(6-27)46-23(20)48-51(39,40)49-50(37,38)44-8-11-14(31)17(34)21(45-11)26-3-2-12(29)25-24(26)36/h2-3,9-11,13-23,27-28,30-35H,4-8H2,1H3,(H,37,38)(H,39,40)(H,25,29,36)/t9-,10-,11-,13+,14-,15+,16-,17-,18-,19+,20-,21-,22-,23-/m1/s1. The molecule has 2 unspecified atom stereocenters. The molecule has 3 fully saturated rings. The molecule has 0 bridgehead atoms. The summed E-state index contributed by atoms with van der Waals surface area (Å²) in [6, 6.07) is 0.916. The summed E-state index contributed by atoms with van der Waals surface area (Å²) in [5, 5.41) is 81.2. The van der Waals surface area contributed by atoms with Crippen molar-refractivity contribution in [3.8, 4) is 0 Å². The van der Waals surface area contributed by atoms with Crippen LogP contribution in [-0.2, 0) is 50.9 Å². The van der Waals surface area contributed by atoms with Crippen molar-refractivity contribution in [3.05, 3.63) is 33.1 Å². The Bertz CT molecular complexity index is 1500. The zero-order valence-electron chi connectivity index (χ0n) is 26.4. The Labute approximate surface area is 286 Å². The van der Waals surface area contributed by atoms with Crippen LogP contribution in [0.15, 0.2) is 21.9 Å². The van der Waals surface area contributed by atoms with E-state index in [0.29, 0.717) is 4.57 Å². The maximum atomic E-state index is 12.8. The van der Waals surface area contributed by atoms with Crippen LogP contribution in [0.3, 0.4) is 0 Å². The van der Waals surface area contributed by atoms with Crippen LogP contribution in [0.4, 0.5) is 0 Å². The van der Waals surface area contributed by atoms with Crippen LogP contribution in [0.25, 0.3) is 0 Å². The van der Waals surface area contributed by atoms with Gasteiger partial charge in [0.15, 0.2) is 18.8 Å². The topological polar surface area (TPSA) is 374 Å². The number of nitrogens with one attached hydrogen (secondary N) is 1. The lowest BCUT2D eigenvalue weighted by atomic mass is 9.99. The van der Waals surface area contributed by atoms with E-state index < -0.39 is 146 Å². The van der Waals surface area contributed by atoms with Crippen molar-refractivity contribution in [3.63, 3.8) is 0 Å². The molecule has 1 aromatic heterocycles. The molecule has 11 N–H and O–H groups in total. The number of aliphatic hydroxyl groups excluding tert-OH is 8. The van der Waals surface area contributed by atoms with Crippen LogP contribution in [0.5, 0.6) is 0 Å². The van der Waals surface area contributed by atoms with E-state index >= 15 is 0 Å². The highest BCUT2D eigenvalue weighted by Gasteiger charge is 2.51. The van der Waals surface area contributed by atoms with Crippen LogP contribution in [0.2, 0.25) is 0 Å². The van der Waals surface area contributed by atoms with Crippen molar-refractivity contribution < 1.29 is 102 Å². The molecule has 1 aromatic rings. The van der Waals surface area contributed by atoms with E-state index in [1.807, 2.05) is 4.98 Å². The van der Waals surface area contributed by atoms with Gasteiger partial charge in [0.1, 0.15) is 67.1 Å². The second kappa shape index (κ2) is 17.7. The van der Waals surface area contributed by atoms with E-state index in [1.165, 1.54) is 7.11 Å². The number of aliphatic hydroxyl groups is 8. The summed E-state index contributed by atoms with van der Waals surface area (Å²) >= 11 is 0. The SMILES string of the molecule is CO[C@@H]1O[C@H](CO)[C@H](OCCO[C@H]2[C@@H](OP(=O)(O)OP(=O)(O)OC[C@H]3O[C@@H](n4ccc(=O)[nH]c4=O)[C@H](O)[C@@H]3O)O[C@H](CO)[C@H](O)[C@@H]2O)[C@H](O)[C@H]1O. The molecule has 0 amide bonds. The Balaban J connectivity index is 1.36. The van der Waals surface area contributed by atoms with Crippen molar-refractivity contribution >= 4 is 15.6 Å². The molecule has 3 aliphatic heterocycles. The molecule has 294 valence electrons. The highest BCUT2D eigenvalue weighted by molar-refractivity contribution is 7.61. The second-order valence-corrected chi connectivity index (χ2v) is 14.3. The molecule has 51 heavy (non-hydrogen) atoms. The van der Waals surface area contributed by atoms with Crippen LogP contribution >= 0.6 is 15.6 Å². The minimum absolute atomic E-state index is 0.462. The van der Waals surface area contributed by atoms with E-state index in [9.17, 15) is 69.4 Å². The van der Waals surface area contributed by atoms with Gasteiger partial charge in [-0.3, -0.25) is 23.4 Å². The first kappa shape index (κ1) is 42.1. The summed E-state index contributed by atoms with van der Waals surface area (Å²) in [6.45, 7) is -3.71. The number of phosphoric ester groups is 2. The molecule has 0 aromatic carbocycles. The normalized spacial score (nSPS) is 39.7. The van der Waals surface area contributed by atoms with E-state index in [-0.39, 0.29) is 0 Å². The van der Waals surface area contributed by atoms with Crippen molar-refractivity contribution in [2.24, 2.45) is 0 Å². The number of ether oxygens (including phenoxy) is 6. The molecule has 3 saturated heterocycles. The number of rotatable bonds is 16. The number of methoxy groups -OCH3 is 1. The second-order valence-electron chi connectivity index (χ2n) is 11.3. The third-order valence-corrected chi connectivity index (χ3v) is 10.5. The van der Waals surface area contributed by atoms with Crippen molar-refractivity contribution in [1.29, 1.82) is 0 Å². The Morgan fingerprint density at radius 2 is 1.35 bits per heavy atom. The zero-order chi connectivity index (χ0) is 37.8. The fraction of sp³-hybridized carbons (Fsp3) is 0.833. The lowest BCUT2D eigenvalue weighted by Gasteiger charge is -2.42. The fourth-order valence-corrected chi connectivity index (χ4v) is 7.49. The van der Waals surface area contributed by atoms with Gasteiger partial charge in [0.25, 0.3) is 5.56 Å². The molecule has 0 aliphatic carbocycles. The number of aromatic nitrogens is 2. The summed E-state index contributed by atoms with van der Waals surface area (Å²) in [5.74, 6) is 0. The van der Waals surface area contributed by atoms with Crippen LogP contribution in [0.1, 0.15) is 6.23 Å². The third kappa shape index (κ3) is 10.1. The molecule has 25 nitrogen and oxygen atoms in total. The molecule has 0 saturated carbocycles. The van der Waals surface area contributed by atoms with Crippen molar-refractivity contribution in [2.75, 3.05) is 40.1 Å². The summed E-state index contributed by atoms with van der Waals surface area (Å²) in [7, 11) is -10.2. The van der Waals surface area contributed by atoms with Crippen LogP contribution in [-0.4, -0.2) is 180 Å². The average molecular weight is 787 g/mol. The number of nitrogens with zero attached hydrogens (tertiary/aromatic N) is 1. The van der Waals surface area contributed by atoms with Gasteiger partial charge in [0.2, 0.25) is 0 Å². The summed E-state index contributed by atoms with van der Waals surface area (Å²) in [5.41, 5.74) is -1.80. The number of H-pyrrole nitrogens is 1. The van der Waals surface area contributed by atoms with Crippen molar-refractivity contribution in [1.82, 2.24) is 9.55 Å². The van der Waals surface area contributed by atoms with Gasteiger partial charge in [-0.15, -0.1) is 0 Å². The Kier molecular flexibility index (Phi) is 14.6. The van der Waals surface area contributed by atoms with Gasteiger partial charge in [0.05, 0.1) is 33.0 Å². The molecule has 4 rings (SSSR count). The van der Waals surface area contributed by atoms with Gasteiger partial charge in [-0.25, -0.2) is 13.9 Å². The number of hydrogen-bond acceptors (Lipinski definition) is 21. The quantitative estimate of drug-likeness (QED) is 0.0548. The molecule has 0 spiro atoms. The fourth-order valence-electron chi connectivity index (χ4n) is 5.34. The lowest BCUT2D eigenvalue weighted by molar-refractivity contribution is -0.307. The molecular weight excluding hydrogens is 746 g/mol. The lowest BCUT2D eigenvalue weighted by Crippen LogP contribution is -2.60. The number of hydrogen-bond donors (Lipinski definition) is 11. The predicted molar refractivity (Wildman–Crippen MR) is 157 cm³/mol. The molecule has 27 heteroatoms. The van der Waals surface area contributed by atoms with Crippen LogP contribution < -0.4 is 11.2 Å². The maximum absolute atomic E-state index is 12.8. The Hall–Kier alpha value is -1.62.